The van der Waals surface area contributed by atoms with E-state index >= 15 is 0 Å². The molecule has 0 unspecified atom stereocenters. The molecule has 6 heteroatoms. The molecule has 1 aromatic carbocycles. The van der Waals surface area contributed by atoms with Gasteiger partial charge in [0.2, 0.25) is 0 Å². The summed E-state index contributed by atoms with van der Waals surface area (Å²) in [5.41, 5.74) is 0.444. The van der Waals surface area contributed by atoms with Gasteiger partial charge in [-0.15, -0.1) is 0 Å². The number of hydrogen-bond donors (Lipinski definition) is 0. The van der Waals surface area contributed by atoms with Crippen molar-refractivity contribution in [2.45, 2.75) is 32.3 Å². The molecule has 1 aromatic heterocycles. The summed E-state index contributed by atoms with van der Waals surface area (Å²) in [6.45, 7) is 1.61. The van der Waals surface area contributed by atoms with Gasteiger partial charge in [0.15, 0.2) is 18.2 Å². The van der Waals surface area contributed by atoms with Crippen LogP contribution in [0.1, 0.15) is 47.8 Å². The van der Waals surface area contributed by atoms with Gasteiger partial charge in [0, 0.05) is 10.9 Å². The molecule has 20 heavy (non-hydrogen) atoms. The molecule has 1 heterocycles. The highest BCUT2D eigenvalue weighted by molar-refractivity contribution is 6.31. The van der Waals surface area contributed by atoms with Crippen LogP contribution < -0.4 is 4.74 Å². The molecule has 0 aliphatic heterocycles. The Morgan fingerprint density at radius 1 is 1.50 bits per heavy atom. The number of benzene rings is 1. The standard InChI is InChI=1S/C14H13ClN2O3/c1-8(18)11-6-10(15)4-5-12(11)19-7-13-16-14(17-20-13)9-2-3-9/h4-6,9H,2-3,7H2,1H3. The second-order valence-electron chi connectivity index (χ2n) is 4.81. The molecule has 1 fully saturated rings. The van der Waals surface area contributed by atoms with Crippen LogP contribution >= 0.6 is 11.6 Å². The van der Waals surface area contributed by atoms with Gasteiger partial charge in [-0.25, -0.2) is 0 Å². The Morgan fingerprint density at radius 2 is 2.30 bits per heavy atom. The predicted octanol–water partition coefficient (Wildman–Crippen LogP) is 3.38. The minimum absolute atomic E-state index is 0.105. The third-order valence-corrected chi connectivity index (χ3v) is 3.33. The zero-order valence-corrected chi connectivity index (χ0v) is 11.7. The summed E-state index contributed by atoms with van der Waals surface area (Å²) < 4.78 is 10.7. The monoisotopic (exact) mass is 292 g/mol. The van der Waals surface area contributed by atoms with E-state index in [-0.39, 0.29) is 12.4 Å². The third kappa shape index (κ3) is 2.82. The summed E-state index contributed by atoms with van der Waals surface area (Å²) in [7, 11) is 0. The van der Waals surface area contributed by atoms with E-state index in [4.69, 9.17) is 20.9 Å². The Bertz CT molecular complexity index is 650. The molecule has 0 N–H and O–H groups in total. The van der Waals surface area contributed by atoms with Crippen LogP contribution in [-0.2, 0) is 6.61 Å². The van der Waals surface area contributed by atoms with Crippen LogP contribution in [0.4, 0.5) is 0 Å². The first-order valence-corrected chi connectivity index (χ1v) is 6.77. The van der Waals surface area contributed by atoms with E-state index in [1.54, 1.807) is 18.2 Å². The molecule has 0 saturated heterocycles. The van der Waals surface area contributed by atoms with Gasteiger partial charge >= 0.3 is 0 Å². The second-order valence-corrected chi connectivity index (χ2v) is 5.24. The lowest BCUT2D eigenvalue weighted by molar-refractivity contribution is 0.101. The molecule has 0 spiro atoms. The fourth-order valence-corrected chi connectivity index (χ4v) is 2.05. The first-order chi connectivity index (χ1) is 9.63. The summed E-state index contributed by atoms with van der Waals surface area (Å²) in [6, 6.07) is 4.92. The quantitative estimate of drug-likeness (QED) is 0.790. The molecule has 0 bridgehead atoms. The number of Topliss-reactive ketones (excluding diaryl/α,β-unsaturated/α-hetero) is 1. The van der Waals surface area contributed by atoms with E-state index in [1.165, 1.54) is 6.92 Å². The van der Waals surface area contributed by atoms with Crippen LogP contribution in [0, 0.1) is 0 Å². The molecule has 0 amide bonds. The number of aromatic nitrogens is 2. The van der Waals surface area contributed by atoms with Crippen LogP contribution in [0.15, 0.2) is 22.7 Å². The number of ketones is 1. The van der Waals surface area contributed by atoms with Crippen LogP contribution in [0.2, 0.25) is 5.02 Å². The summed E-state index contributed by atoms with van der Waals surface area (Å²) in [6.07, 6.45) is 2.23. The lowest BCUT2D eigenvalue weighted by Gasteiger charge is -2.08. The minimum Gasteiger partial charge on any atom is -0.483 e. The number of carbonyl (C=O) groups is 1. The van der Waals surface area contributed by atoms with E-state index in [0.717, 1.165) is 18.7 Å². The zero-order valence-electron chi connectivity index (χ0n) is 10.9. The van der Waals surface area contributed by atoms with Crippen molar-refractivity contribution in [1.82, 2.24) is 10.1 Å². The van der Waals surface area contributed by atoms with E-state index in [9.17, 15) is 4.79 Å². The number of carbonyl (C=O) groups excluding carboxylic acids is 1. The molecule has 1 saturated carbocycles. The molecule has 5 nitrogen and oxygen atoms in total. The Balaban J connectivity index is 1.72. The van der Waals surface area contributed by atoms with E-state index in [1.807, 2.05) is 0 Å². The Labute approximate surface area is 120 Å². The van der Waals surface area contributed by atoms with Gasteiger partial charge in [-0.3, -0.25) is 4.79 Å². The molecule has 3 rings (SSSR count). The number of nitrogens with zero attached hydrogens (tertiary/aromatic N) is 2. The molecule has 1 aliphatic carbocycles. The average molecular weight is 293 g/mol. The van der Waals surface area contributed by atoms with Gasteiger partial charge in [0.05, 0.1) is 5.56 Å². The first-order valence-electron chi connectivity index (χ1n) is 6.39. The van der Waals surface area contributed by atoms with Crippen LogP contribution in [0.3, 0.4) is 0 Å². The number of hydrogen-bond acceptors (Lipinski definition) is 5. The van der Waals surface area contributed by atoms with Crippen LogP contribution in [0.25, 0.3) is 0 Å². The smallest absolute Gasteiger partial charge is 0.264 e. The van der Waals surface area contributed by atoms with Crippen molar-refractivity contribution in [2.75, 3.05) is 0 Å². The normalized spacial score (nSPS) is 14.3. The molecule has 0 atom stereocenters. The lowest BCUT2D eigenvalue weighted by Crippen LogP contribution is -2.02. The van der Waals surface area contributed by atoms with Gasteiger partial charge in [0.25, 0.3) is 5.89 Å². The summed E-state index contributed by atoms with van der Waals surface area (Å²) >= 11 is 5.87. The van der Waals surface area contributed by atoms with E-state index < -0.39 is 0 Å². The van der Waals surface area contributed by atoms with Gasteiger partial charge in [-0.1, -0.05) is 16.8 Å². The average Bonchev–Trinajstić information content (AvgIpc) is 3.17. The second kappa shape index (κ2) is 5.25. The SMILES string of the molecule is CC(=O)c1cc(Cl)ccc1OCc1nc(C2CC2)no1. The number of halogens is 1. The highest BCUT2D eigenvalue weighted by atomic mass is 35.5. The van der Waals surface area contributed by atoms with Gasteiger partial charge in [0.1, 0.15) is 5.75 Å². The van der Waals surface area contributed by atoms with Crippen molar-refractivity contribution >= 4 is 17.4 Å². The Morgan fingerprint density at radius 3 is 3.00 bits per heavy atom. The lowest BCUT2D eigenvalue weighted by atomic mass is 10.1. The fraction of sp³-hybridized carbons (Fsp3) is 0.357. The first kappa shape index (κ1) is 13.1. The molecular weight excluding hydrogens is 280 g/mol. The van der Waals surface area contributed by atoms with Gasteiger partial charge in [-0.05, 0) is 38.0 Å². The Kier molecular flexibility index (Phi) is 3.44. The predicted molar refractivity (Wildman–Crippen MR) is 72.1 cm³/mol. The number of rotatable bonds is 5. The minimum atomic E-state index is -0.105. The van der Waals surface area contributed by atoms with Crippen molar-refractivity contribution < 1.29 is 14.1 Å². The summed E-state index contributed by atoms with van der Waals surface area (Å²) in [5.74, 6) is 1.96. The maximum atomic E-state index is 11.5. The fourth-order valence-electron chi connectivity index (χ4n) is 1.88. The summed E-state index contributed by atoms with van der Waals surface area (Å²) in [5, 5.41) is 4.40. The van der Waals surface area contributed by atoms with Crippen molar-refractivity contribution in [1.29, 1.82) is 0 Å². The summed E-state index contributed by atoms with van der Waals surface area (Å²) in [4.78, 5) is 15.8. The maximum Gasteiger partial charge on any atom is 0.264 e. The van der Waals surface area contributed by atoms with Gasteiger partial charge in [-0.2, -0.15) is 4.98 Å². The molecule has 0 radical (unpaired) electrons. The topological polar surface area (TPSA) is 65.2 Å². The van der Waals surface area contributed by atoms with Crippen molar-refractivity contribution in [3.05, 3.63) is 40.5 Å². The van der Waals surface area contributed by atoms with Crippen LogP contribution in [0.5, 0.6) is 5.75 Å². The molecule has 2 aromatic rings. The van der Waals surface area contributed by atoms with E-state index in [0.29, 0.717) is 28.1 Å². The van der Waals surface area contributed by atoms with Crippen LogP contribution in [-0.4, -0.2) is 15.9 Å². The molecule has 104 valence electrons. The largest absolute Gasteiger partial charge is 0.483 e. The van der Waals surface area contributed by atoms with E-state index in [2.05, 4.69) is 10.1 Å². The third-order valence-electron chi connectivity index (χ3n) is 3.10. The molecule has 1 aliphatic rings. The number of ether oxygens (including phenoxy) is 1. The Hall–Kier alpha value is -1.88. The maximum absolute atomic E-state index is 11.5. The van der Waals surface area contributed by atoms with Crippen molar-refractivity contribution in [3.63, 3.8) is 0 Å². The molecular formula is C14H13ClN2O3. The zero-order chi connectivity index (χ0) is 14.1. The highest BCUT2D eigenvalue weighted by Gasteiger charge is 2.28. The highest BCUT2D eigenvalue weighted by Crippen LogP contribution is 2.38. The van der Waals surface area contributed by atoms with Crippen molar-refractivity contribution in [3.8, 4) is 5.75 Å². The van der Waals surface area contributed by atoms with Gasteiger partial charge < -0.3 is 9.26 Å². The van der Waals surface area contributed by atoms with Crippen molar-refractivity contribution in [2.24, 2.45) is 0 Å².